The van der Waals surface area contributed by atoms with Gasteiger partial charge < -0.3 is 10.2 Å². The number of amides is 4. The van der Waals surface area contributed by atoms with Crippen LogP contribution >= 0.6 is 15.9 Å². The van der Waals surface area contributed by atoms with E-state index in [0.717, 1.165) is 16.1 Å². The van der Waals surface area contributed by atoms with Crippen molar-refractivity contribution in [1.29, 1.82) is 0 Å². The van der Waals surface area contributed by atoms with E-state index in [2.05, 4.69) is 21.4 Å². The van der Waals surface area contributed by atoms with E-state index in [1.807, 2.05) is 55.5 Å². The summed E-state index contributed by atoms with van der Waals surface area (Å²) in [6.07, 6.45) is 3.96. The van der Waals surface area contributed by atoms with Crippen LogP contribution in [0.15, 0.2) is 88.9 Å². The number of hydrazine groups is 1. The fourth-order valence-corrected chi connectivity index (χ4v) is 9.24. The molecule has 2 aliphatic heterocycles. The smallest absolute Gasteiger partial charge is 0.303 e. The fraction of sp³-hybridized carbons (Fsp3) is 0.359. The van der Waals surface area contributed by atoms with Crippen molar-refractivity contribution < 1.29 is 34.2 Å². The van der Waals surface area contributed by atoms with Crippen LogP contribution in [0, 0.1) is 30.6 Å². The highest BCUT2D eigenvalue weighted by Gasteiger charge is 2.70. The van der Waals surface area contributed by atoms with E-state index >= 15 is 4.79 Å². The summed E-state index contributed by atoms with van der Waals surface area (Å²) in [7, 11) is 0. The van der Waals surface area contributed by atoms with Crippen LogP contribution in [0.4, 0.5) is 5.69 Å². The Hall–Kier alpha value is -4.77. The number of aryl methyl sites for hydroxylation is 1. The second-order valence-electron chi connectivity index (χ2n) is 13.8. The number of imide groups is 2. The van der Waals surface area contributed by atoms with E-state index in [-0.39, 0.29) is 43.4 Å². The van der Waals surface area contributed by atoms with E-state index in [0.29, 0.717) is 40.5 Å². The first-order valence-corrected chi connectivity index (χ1v) is 17.9. The van der Waals surface area contributed by atoms with Crippen LogP contribution in [0.1, 0.15) is 61.1 Å². The van der Waals surface area contributed by atoms with Gasteiger partial charge in [-0.25, -0.2) is 0 Å². The summed E-state index contributed by atoms with van der Waals surface area (Å²) in [6.45, 7) is 2.15. The zero-order valence-corrected chi connectivity index (χ0v) is 29.1. The molecule has 1 saturated carbocycles. The van der Waals surface area contributed by atoms with Crippen molar-refractivity contribution in [2.45, 2.75) is 56.8 Å². The summed E-state index contributed by atoms with van der Waals surface area (Å²) < 4.78 is 0.675. The fourth-order valence-electron chi connectivity index (χ4n) is 8.86. The molecule has 11 heteroatoms. The second kappa shape index (κ2) is 13.2. The summed E-state index contributed by atoms with van der Waals surface area (Å²) in [5, 5.41) is 21.6. The van der Waals surface area contributed by atoms with Crippen LogP contribution in [-0.4, -0.2) is 56.3 Å². The van der Waals surface area contributed by atoms with Gasteiger partial charge in [-0.05, 0) is 74.4 Å². The van der Waals surface area contributed by atoms with Crippen molar-refractivity contribution >= 4 is 51.2 Å². The number of carbonyl (C=O) groups excluding carboxylic acids is 4. The lowest BCUT2D eigenvalue weighted by molar-refractivity contribution is -0.141. The molecule has 6 atom stereocenters. The number of carboxylic acid groups (broad SMARTS) is 1. The first kappa shape index (κ1) is 33.7. The number of likely N-dealkylation sites (tertiary alicyclic amines) is 1. The molecule has 4 amide bonds. The summed E-state index contributed by atoms with van der Waals surface area (Å²) >= 11 is 3.56. The van der Waals surface area contributed by atoms with E-state index in [4.69, 9.17) is 5.11 Å². The normalized spacial score (nSPS) is 27.2. The van der Waals surface area contributed by atoms with Crippen LogP contribution in [0.2, 0.25) is 0 Å². The second-order valence-corrected chi connectivity index (χ2v) is 14.7. The Bertz CT molecular complexity index is 1910. The molecular formula is C39H38BrN3O7. The molecule has 3 aromatic rings. The number of aliphatic carboxylic acids is 1. The highest BCUT2D eigenvalue weighted by Crippen LogP contribution is 2.65. The van der Waals surface area contributed by atoms with Gasteiger partial charge in [-0.1, -0.05) is 82.0 Å². The van der Waals surface area contributed by atoms with Crippen molar-refractivity contribution in [3.63, 3.8) is 0 Å². The van der Waals surface area contributed by atoms with Gasteiger partial charge in [-0.2, -0.15) is 5.01 Å². The van der Waals surface area contributed by atoms with E-state index in [9.17, 15) is 24.3 Å². The Morgan fingerprint density at radius 1 is 0.920 bits per heavy atom. The number of nitrogens with one attached hydrogen (secondary N) is 1. The molecule has 0 bridgehead atoms. The lowest BCUT2D eigenvalue weighted by Crippen LogP contribution is -2.53. The summed E-state index contributed by atoms with van der Waals surface area (Å²) in [4.78, 5) is 70.1. The van der Waals surface area contributed by atoms with Crippen LogP contribution < -0.4 is 5.43 Å². The van der Waals surface area contributed by atoms with Crippen LogP contribution in [-0.2, 0) is 29.4 Å². The SMILES string of the molecule is Cc1ccc(NN2C(=O)[C@@H]3C[C@@H]4C(=CC[C@@H]5C(=O)N(CCCCCC(=O)O)C(=O)[C@@H]54)[C@H](c4cc(Br)ccc4O)[C@]3(c3ccccc3)C2=O)cc1. The molecule has 0 radical (unpaired) electrons. The number of hydrogen-bond donors (Lipinski definition) is 3. The number of unbranched alkanes of at least 4 members (excludes halogenated alkanes) is 2. The molecule has 2 heterocycles. The molecule has 7 rings (SSSR count). The van der Waals surface area contributed by atoms with Gasteiger partial charge in [0.1, 0.15) is 5.75 Å². The molecule has 0 spiro atoms. The Balaban J connectivity index is 1.34. The number of fused-ring (bicyclic) bond motifs is 4. The van der Waals surface area contributed by atoms with Gasteiger partial charge in [0.05, 0.1) is 28.9 Å². The molecule has 0 unspecified atom stereocenters. The minimum atomic E-state index is -1.47. The zero-order chi connectivity index (χ0) is 35.3. The molecule has 3 aromatic carbocycles. The average molecular weight is 741 g/mol. The summed E-state index contributed by atoms with van der Waals surface area (Å²) in [6, 6.07) is 21.6. The molecule has 10 nitrogen and oxygen atoms in total. The van der Waals surface area contributed by atoms with E-state index < -0.39 is 52.8 Å². The molecule has 2 aliphatic carbocycles. The number of rotatable bonds is 10. The van der Waals surface area contributed by atoms with Gasteiger partial charge in [0.25, 0.3) is 11.8 Å². The van der Waals surface area contributed by atoms with Gasteiger partial charge in [0, 0.05) is 28.9 Å². The number of hydrogen-bond acceptors (Lipinski definition) is 7. The van der Waals surface area contributed by atoms with Crippen LogP contribution in [0.5, 0.6) is 5.75 Å². The minimum absolute atomic E-state index is 0.0272. The Kier molecular flexibility index (Phi) is 8.88. The van der Waals surface area contributed by atoms with E-state index in [1.165, 1.54) is 4.90 Å². The largest absolute Gasteiger partial charge is 0.508 e. The Morgan fingerprint density at radius 3 is 2.38 bits per heavy atom. The van der Waals surface area contributed by atoms with Crippen molar-refractivity contribution in [1.82, 2.24) is 9.91 Å². The van der Waals surface area contributed by atoms with Crippen LogP contribution in [0.3, 0.4) is 0 Å². The van der Waals surface area contributed by atoms with Gasteiger partial charge in [0.2, 0.25) is 11.8 Å². The minimum Gasteiger partial charge on any atom is -0.508 e. The van der Waals surface area contributed by atoms with Gasteiger partial charge >= 0.3 is 5.97 Å². The molecule has 2 saturated heterocycles. The third-order valence-corrected chi connectivity index (χ3v) is 11.6. The van der Waals surface area contributed by atoms with Crippen LogP contribution in [0.25, 0.3) is 0 Å². The quantitative estimate of drug-likeness (QED) is 0.129. The molecule has 0 aromatic heterocycles. The molecule has 4 aliphatic rings. The summed E-state index contributed by atoms with van der Waals surface area (Å²) in [5.41, 5.74) is 5.04. The molecule has 258 valence electrons. The number of phenolic OH excluding ortho intramolecular Hbond substituents is 1. The average Bonchev–Trinajstić information content (AvgIpc) is 3.47. The van der Waals surface area contributed by atoms with Crippen molar-refractivity contribution in [2.75, 3.05) is 12.0 Å². The van der Waals surface area contributed by atoms with Crippen molar-refractivity contribution in [2.24, 2.45) is 23.7 Å². The summed E-state index contributed by atoms with van der Waals surface area (Å²) in [5.74, 6) is -6.01. The predicted octanol–water partition coefficient (Wildman–Crippen LogP) is 6.09. The Labute approximate surface area is 298 Å². The molecule has 3 N–H and O–H groups in total. The standard InChI is InChI=1S/C39H38BrN3O7/c1-22-11-14-25(15-12-22)41-43-36(48)30-21-28-26(16-17-27-33(28)37(49)42(35(27)47)19-7-3-6-10-32(45)46)34(29-20-24(40)13-18-31(29)44)39(30,38(43)50)23-8-4-2-5-9-23/h2,4-5,8-9,11-16,18,20,27-28,30,33-34,41,44H,3,6-7,10,17,19,21H2,1H3,(H,45,46)/t27-,28+,30-,33-,34+,39+/m0/s1. The number of halogens is 1. The number of phenols is 1. The number of carbonyl (C=O) groups is 5. The number of benzene rings is 3. The molecular weight excluding hydrogens is 702 g/mol. The lowest BCUT2D eigenvalue weighted by atomic mass is 9.49. The monoisotopic (exact) mass is 739 g/mol. The third-order valence-electron chi connectivity index (χ3n) is 11.1. The number of carboxylic acids is 1. The first-order chi connectivity index (χ1) is 24.0. The highest BCUT2D eigenvalue weighted by atomic mass is 79.9. The molecule has 3 fully saturated rings. The van der Waals surface area contributed by atoms with Gasteiger partial charge in [-0.15, -0.1) is 0 Å². The predicted molar refractivity (Wildman–Crippen MR) is 187 cm³/mol. The highest BCUT2D eigenvalue weighted by molar-refractivity contribution is 9.10. The number of aromatic hydroxyl groups is 1. The van der Waals surface area contributed by atoms with Gasteiger partial charge in [-0.3, -0.25) is 34.3 Å². The number of anilines is 1. The Morgan fingerprint density at radius 2 is 1.66 bits per heavy atom. The lowest BCUT2D eigenvalue weighted by Gasteiger charge is -2.50. The number of allylic oxidation sites excluding steroid dienone is 2. The maximum Gasteiger partial charge on any atom is 0.303 e. The number of nitrogens with zero attached hydrogens (tertiary/aromatic N) is 2. The van der Waals surface area contributed by atoms with Crippen molar-refractivity contribution in [3.05, 3.63) is 106 Å². The van der Waals surface area contributed by atoms with Crippen molar-refractivity contribution in [3.8, 4) is 5.75 Å². The van der Waals surface area contributed by atoms with E-state index in [1.54, 1.807) is 30.3 Å². The maximum absolute atomic E-state index is 15.2. The first-order valence-electron chi connectivity index (χ1n) is 17.1. The third kappa shape index (κ3) is 5.42. The topological polar surface area (TPSA) is 144 Å². The van der Waals surface area contributed by atoms with Gasteiger partial charge in [0.15, 0.2) is 0 Å². The zero-order valence-electron chi connectivity index (χ0n) is 27.6. The maximum atomic E-state index is 15.2. The molecule has 50 heavy (non-hydrogen) atoms.